The molecule has 2 rings (SSSR count). The molecule has 2 aromatic carbocycles. The van der Waals surface area contributed by atoms with Crippen LogP contribution in [0.15, 0.2) is 40.9 Å². The molecule has 0 unspecified atom stereocenters. The van der Waals surface area contributed by atoms with Gasteiger partial charge in [-0.3, -0.25) is 0 Å². The molecule has 0 aromatic heterocycles. The van der Waals surface area contributed by atoms with E-state index in [1.807, 2.05) is 24.3 Å². The van der Waals surface area contributed by atoms with E-state index in [-0.39, 0.29) is 6.54 Å². The highest BCUT2D eigenvalue weighted by atomic mass is 79.9. The van der Waals surface area contributed by atoms with Crippen molar-refractivity contribution in [1.29, 1.82) is 0 Å². The number of amides is 2. The molecular formula is C15H12BrF3N2O. The Morgan fingerprint density at radius 2 is 1.82 bits per heavy atom. The van der Waals surface area contributed by atoms with Gasteiger partial charge in [0.2, 0.25) is 0 Å². The van der Waals surface area contributed by atoms with Crippen molar-refractivity contribution in [2.24, 2.45) is 0 Å². The molecule has 0 radical (unpaired) electrons. The highest BCUT2D eigenvalue weighted by molar-refractivity contribution is 9.10. The van der Waals surface area contributed by atoms with Crippen molar-refractivity contribution in [3.63, 3.8) is 0 Å². The Kier molecular flexibility index (Phi) is 5.07. The minimum absolute atomic E-state index is 0.262. The summed E-state index contributed by atoms with van der Waals surface area (Å²) in [6.45, 7) is 0.262. The second-order valence-corrected chi connectivity index (χ2v) is 5.45. The molecule has 2 aromatic rings. The van der Waals surface area contributed by atoms with Crippen LogP contribution < -0.4 is 5.32 Å². The van der Waals surface area contributed by atoms with Crippen LogP contribution in [0.25, 0.3) is 0 Å². The van der Waals surface area contributed by atoms with Crippen molar-refractivity contribution in [1.82, 2.24) is 4.90 Å². The molecule has 0 atom stereocenters. The maximum Gasteiger partial charge on any atom is 0.321 e. The molecule has 1 N–H and O–H groups in total. The molecule has 0 aliphatic heterocycles. The van der Waals surface area contributed by atoms with E-state index in [4.69, 9.17) is 0 Å². The minimum Gasteiger partial charge on any atom is -0.323 e. The first kappa shape index (κ1) is 16.4. The van der Waals surface area contributed by atoms with Crippen LogP contribution in [0.4, 0.5) is 23.7 Å². The van der Waals surface area contributed by atoms with Gasteiger partial charge in [-0.05, 0) is 23.8 Å². The Hall–Kier alpha value is -2.02. The quantitative estimate of drug-likeness (QED) is 0.788. The number of nitrogens with zero attached hydrogens (tertiary/aromatic N) is 1. The van der Waals surface area contributed by atoms with E-state index in [0.29, 0.717) is 0 Å². The predicted molar refractivity (Wildman–Crippen MR) is 80.9 cm³/mol. The van der Waals surface area contributed by atoms with Gasteiger partial charge in [0.05, 0.1) is 5.69 Å². The van der Waals surface area contributed by atoms with Crippen molar-refractivity contribution >= 4 is 27.6 Å². The first-order valence-corrected chi connectivity index (χ1v) is 7.08. The summed E-state index contributed by atoms with van der Waals surface area (Å²) >= 11 is 3.36. The number of hydrogen-bond donors (Lipinski definition) is 1. The van der Waals surface area contributed by atoms with Crippen LogP contribution in [-0.4, -0.2) is 18.0 Å². The molecule has 0 spiro atoms. The smallest absolute Gasteiger partial charge is 0.321 e. The van der Waals surface area contributed by atoms with E-state index in [9.17, 15) is 18.0 Å². The van der Waals surface area contributed by atoms with Gasteiger partial charge in [0.1, 0.15) is 0 Å². The zero-order chi connectivity index (χ0) is 16.3. The number of carbonyl (C=O) groups excluding carboxylic acids is 1. The van der Waals surface area contributed by atoms with Gasteiger partial charge < -0.3 is 10.2 Å². The minimum atomic E-state index is -1.62. The van der Waals surface area contributed by atoms with Gasteiger partial charge in [0, 0.05) is 18.1 Å². The second-order valence-electron chi connectivity index (χ2n) is 4.60. The molecule has 0 heterocycles. The Morgan fingerprint density at radius 3 is 2.50 bits per heavy atom. The molecular weight excluding hydrogens is 361 g/mol. The molecule has 0 fully saturated rings. The molecule has 0 aliphatic carbocycles. The lowest BCUT2D eigenvalue weighted by molar-refractivity contribution is 0.220. The van der Waals surface area contributed by atoms with E-state index >= 15 is 0 Å². The maximum atomic E-state index is 13.5. The van der Waals surface area contributed by atoms with Gasteiger partial charge >= 0.3 is 6.03 Å². The molecule has 0 aliphatic rings. The number of hydrogen-bond acceptors (Lipinski definition) is 1. The number of halogens is 4. The number of rotatable bonds is 3. The first-order valence-electron chi connectivity index (χ1n) is 6.29. The normalized spacial score (nSPS) is 10.4. The monoisotopic (exact) mass is 372 g/mol. The van der Waals surface area contributed by atoms with Crippen LogP contribution in [0.1, 0.15) is 5.56 Å². The average molecular weight is 373 g/mol. The maximum absolute atomic E-state index is 13.5. The van der Waals surface area contributed by atoms with Gasteiger partial charge in [-0.2, -0.15) is 0 Å². The topological polar surface area (TPSA) is 32.3 Å². The van der Waals surface area contributed by atoms with Crippen LogP contribution in [0.3, 0.4) is 0 Å². The number of carbonyl (C=O) groups is 1. The second kappa shape index (κ2) is 6.83. The zero-order valence-corrected chi connectivity index (χ0v) is 13.1. The Morgan fingerprint density at radius 1 is 1.14 bits per heavy atom. The average Bonchev–Trinajstić information content (AvgIpc) is 2.50. The largest absolute Gasteiger partial charge is 0.323 e. The van der Waals surface area contributed by atoms with E-state index in [1.165, 1.54) is 11.9 Å². The number of benzene rings is 2. The Balaban J connectivity index is 2.09. The van der Waals surface area contributed by atoms with Gasteiger partial charge in [-0.25, -0.2) is 18.0 Å². The molecule has 116 valence electrons. The fourth-order valence-corrected chi connectivity index (χ4v) is 2.20. The van der Waals surface area contributed by atoms with Crippen LogP contribution in [0.5, 0.6) is 0 Å². The molecule has 7 heteroatoms. The first-order chi connectivity index (χ1) is 10.4. The highest BCUT2D eigenvalue weighted by Gasteiger charge is 2.17. The van der Waals surface area contributed by atoms with Crippen molar-refractivity contribution < 1.29 is 18.0 Å². The molecule has 3 nitrogen and oxygen atoms in total. The van der Waals surface area contributed by atoms with Gasteiger partial charge in [-0.15, -0.1) is 0 Å². The van der Waals surface area contributed by atoms with Crippen LogP contribution in [0, 0.1) is 17.5 Å². The Bertz CT molecular complexity index is 709. The number of nitrogens with one attached hydrogen (secondary N) is 1. The fourth-order valence-electron chi connectivity index (χ4n) is 1.79. The van der Waals surface area contributed by atoms with Gasteiger partial charge in [-0.1, -0.05) is 34.1 Å². The number of urea groups is 1. The van der Waals surface area contributed by atoms with Crippen molar-refractivity contribution in [2.75, 3.05) is 12.4 Å². The summed E-state index contributed by atoms with van der Waals surface area (Å²) in [6, 6.07) is 8.40. The third kappa shape index (κ3) is 3.59. The van der Waals surface area contributed by atoms with Crippen molar-refractivity contribution in [2.45, 2.75) is 6.54 Å². The third-order valence-corrected chi connectivity index (χ3v) is 3.76. The summed E-state index contributed by atoms with van der Waals surface area (Å²) in [7, 11) is 1.51. The lowest BCUT2D eigenvalue weighted by Gasteiger charge is -2.19. The summed E-state index contributed by atoms with van der Waals surface area (Å²) in [5, 5.41) is 2.21. The van der Waals surface area contributed by atoms with Crippen LogP contribution >= 0.6 is 15.9 Å². The molecule has 0 saturated heterocycles. The lowest BCUT2D eigenvalue weighted by atomic mass is 10.2. The molecule has 22 heavy (non-hydrogen) atoms. The Labute approximate surface area is 133 Å². The molecule has 0 saturated carbocycles. The van der Waals surface area contributed by atoms with Crippen LogP contribution in [-0.2, 0) is 6.54 Å². The molecule has 0 bridgehead atoms. The summed E-state index contributed by atoms with van der Waals surface area (Å²) in [5.41, 5.74) is 0.439. The fraction of sp³-hybridized carbons (Fsp3) is 0.133. The third-order valence-electron chi connectivity index (χ3n) is 2.99. The summed E-state index contributed by atoms with van der Waals surface area (Å²) < 4.78 is 40.3. The van der Waals surface area contributed by atoms with Crippen molar-refractivity contribution in [3.05, 3.63) is 63.9 Å². The zero-order valence-electron chi connectivity index (χ0n) is 11.5. The summed E-state index contributed by atoms with van der Waals surface area (Å²) in [5.74, 6) is -4.36. The molecule has 2 amide bonds. The van der Waals surface area contributed by atoms with Crippen molar-refractivity contribution in [3.8, 4) is 0 Å². The standard InChI is InChI=1S/C15H12BrF3N2O/c1-21(8-9-4-2-3-5-10(9)16)15(22)20-12-7-6-11(17)13(18)14(12)19/h2-7H,8H2,1H3,(H,20,22). The lowest BCUT2D eigenvalue weighted by Crippen LogP contribution is -2.31. The van der Waals surface area contributed by atoms with E-state index in [1.54, 1.807) is 0 Å². The summed E-state index contributed by atoms with van der Waals surface area (Å²) in [4.78, 5) is 13.3. The predicted octanol–water partition coefficient (Wildman–Crippen LogP) is 4.53. The van der Waals surface area contributed by atoms with Gasteiger partial charge in [0.25, 0.3) is 0 Å². The SMILES string of the molecule is CN(Cc1ccccc1Br)C(=O)Nc1ccc(F)c(F)c1F. The number of anilines is 1. The highest BCUT2D eigenvalue weighted by Crippen LogP contribution is 2.21. The summed E-state index contributed by atoms with van der Waals surface area (Å²) in [6.07, 6.45) is 0. The van der Waals surface area contributed by atoms with E-state index in [2.05, 4.69) is 21.2 Å². The van der Waals surface area contributed by atoms with E-state index < -0.39 is 29.2 Å². The van der Waals surface area contributed by atoms with E-state index in [0.717, 1.165) is 22.2 Å². The van der Waals surface area contributed by atoms with Gasteiger partial charge in [0.15, 0.2) is 17.5 Å². The van der Waals surface area contributed by atoms with Crippen LogP contribution in [0.2, 0.25) is 0 Å².